The van der Waals surface area contributed by atoms with Crippen LogP contribution in [0.15, 0.2) is 12.1 Å². The van der Waals surface area contributed by atoms with Crippen LogP contribution in [0.1, 0.15) is 13.8 Å². The Balaban J connectivity index is 1.98. The van der Waals surface area contributed by atoms with Gasteiger partial charge in [-0.1, -0.05) is 0 Å². The van der Waals surface area contributed by atoms with Gasteiger partial charge in [0, 0.05) is 33.2 Å². The van der Waals surface area contributed by atoms with Crippen LogP contribution in [0.3, 0.4) is 0 Å². The number of rotatable bonds is 4. The third-order valence-corrected chi connectivity index (χ3v) is 3.82. The molecule has 1 saturated heterocycles. The Bertz CT molecular complexity index is 466. The number of hydrogen-bond donors (Lipinski definition) is 2. The average molecular weight is 279 g/mol. The molecule has 0 bridgehead atoms. The van der Waals surface area contributed by atoms with Gasteiger partial charge in [-0.2, -0.15) is 0 Å². The fourth-order valence-electron chi connectivity index (χ4n) is 2.26. The van der Waals surface area contributed by atoms with Gasteiger partial charge in [0.25, 0.3) is 0 Å². The maximum Gasteiger partial charge on any atom is 0.323 e. The molecule has 0 aromatic carbocycles. The van der Waals surface area contributed by atoms with Gasteiger partial charge in [-0.15, -0.1) is 10.2 Å². The SMILES string of the molecule is CNc1ccc(N2CCN(C(C)(C)C(=O)O)CC2)nn1. The number of hydrogen-bond acceptors (Lipinski definition) is 6. The van der Waals surface area contributed by atoms with Crippen LogP contribution in [-0.4, -0.2) is 64.9 Å². The minimum absolute atomic E-state index is 0.703. The molecule has 0 spiro atoms. The van der Waals surface area contributed by atoms with E-state index in [1.165, 1.54) is 0 Å². The van der Waals surface area contributed by atoms with Crippen LogP contribution in [0.25, 0.3) is 0 Å². The van der Waals surface area contributed by atoms with Gasteiger partial charge in [-0.3, -0.25) is 9.69 Å². The molecule has 7 nitrogen and oxygen atoms in total. The molecular weight excluding hydrogens is 258 g/mol. The highest BCUT2D eigenvalue weighted by Crippen LogP contribution is 2.20. The minimum atomic E-state index is -0.826. The Morgan fingerprint density at radius 3 is 2.35 bits per heavy atom. The molecule has 20 heavy (non-hydrogen) atoms. The second kappa shape index (κ2) is 5.62. The summed E-state index contributed by atoms with van der Waals surface area (Å²) in [5, 5.41) is 20.4. The summed E-state index contributed by atoms with van der Waals surface area (Å²) in [6.07, 6.45) is 0. The van der Waals surface area contributed by atoms with Gasteiger partial charge in [-0.05, 0) is 26.0 Å². The number of nitrogens with one attached hydrogen (secondary N) is 1. The predicted octanol–water partition coefficient (Wildman–Crippen LogP) is 0.503. The normalized spacial score (nSPS) is 17.1. The van der Waals surface area contributed by atoms with Crippen LogP contribution in [-0.2, 0) is 4.79 Å². The number of aliphatic carboxylic acids is 1. The first kappa shape index (κ1) is 14.5. The molecule has 0 saturated carbocycles. The molecule has 0 radical (unpaired) electrons. The standard InChI is InChI=1S/C13H21N5O2/c1-13(2,12(19)20)18-8-6-17(7-9-18)11-5-4-10(14-3)15-16-11/h4-5H,6-9H2,1-3H3,(H,14,15)(H,19,20). The van der Waals surface area contributed by atoms with Crippen LogP contribution in [0.4, 0.5) is 11.6 Å². The van der Waals surface area contributed by atoms with Crippen LogP contribution in [0.2, 0.25) is 0 Å². The minimum Gasteiger partial charge on any atom is -0.480 e. The van der Waals surface area contributed by atoms with Gasteiger partial charge in [0.15, 0.2) is 5.82 Å². The van der Waals surface area contributed by atoms with Crippen molar-refractivity contribution in [2.45, 2.75) is 19.4 Å². The van der Waals surface area contributed by atoms with E-state index in [2.05, 4.69) is 20.4 Å². The van der Waals surface area contributed by atoms with E-state index in [9.17, 15) is 9.90 Å². The van der Waals surface area contributed by atoms with Crippen molar-refractivity contribution in [1.82, 2.24) is 15.1 Å². The van der Waals surface area contributed by atoms with E-state index in [1.807, 2.05) is 17.0 Å². The third kappa shape index (κ3) is 2.82. The van der Waals surface area contributed by atoms with Crippen LogP contribution in [0.5, 0.6) is 0 Å². The molecule has 2 rings (SSSR count). The number of aromatic nitrogens is 2. The van der Waals surface area contributed by atoms with E-state index in [-0.39, 0.29) is 0 Å². The second-order valence-electron chi connectivity index (χ2n) is 5.37. The summed E-state index contributed by atoms with van der Waals surface area (Å²) in [4.78, 5) is 15.4. The van der Waals surface area contributed by atoms with E-state index in [0.29, 0.717) is 13.1 Å². The fourth-order valence-corrected chi connectivity index (χ4v) is 2.26. The lowest BCUT2D eigenvalue weighted by atomic mass is 10.0. The average Bonchev–Trinajstić information content (AvgIpc) is 2.47. The molecule has 0 atom stereocenters. The first-order valence-electron chi connectivity index (χ1n) is 6.70. The molecule has 2 heterocycles. The van der Waals surface area contributed by atoms with E-state index in [1.54, 1.807) is 20.9 Å². The van der Waals surface area contributed by atoms with Gasteiger partial charge in [0.05, 0.1) is 0 Å². The van der Waals surface area contributed by atoms with Crippen molar-refractivity contribution >= 4 is 17.6 Å². The van der Waals surface area contributed by atoms with Gasteiger partial charge in [0.2, 0.25) is 0 Å². The number of anilines is 2. The van der Waals surface area contributed by atoms with Crippen molar-refractivity contribution in [3.63, 3.8) is 0 Å². The van der Waals surface area contributed by atoms with E-state index in [4.69, 9.17) is 0 Å². The Labute approximate surface area is 118 Å². The Morgan fingerprint density at radius 2 is 1.90 bits per heavy atom. The smallest absolute Gasteiger partial charge is 0.323 e. The van der Waals surface area contributed by atoms with Crippen LogP contribution >= 0.6 is 0 Å². The fraction of sp³-hybridized carbons (Fsp3) is 0.615. The summed E-state index contributed by atoms with van der Waals surface area (Å²) < 4.78 is 0. The molecular formula is C13H21N5O2. The highest BCUT2D eigenvalue weighted by Gasteiger charge is 2.36. The van der Waals surface area contributed by atoms with Crippen molar-refractivity contribution in [3.05, 3.63) is 12.1 Å². The Morgan fingerprint density at radius 1 is 1.25 bits per heavy atom. The van der Waals surface area contributed by atoms with E-state index >= 15 is 0 Å². The zero-order valence-electron chi connectivity index (χ0n) is 12.1. The highest BCUT2D eigenvalue weighted by molar-refractivity contribution is 5.77. The molecule has 7 heteroatoms. The summed E-state index contributed by atoms with van der Waals surface area (Å²) in [7, 11) is 1.80. The Hall–Kier alpha value is -1.89. The molecule has 1 aromatic heterocycles. The van der Waals surface area contributed by atoms with Gasteiger partial charge < -0.3 is 15.3 Å². The second-order valence-corrected chi connectivity index (χ2v) is 5.37. The number of carbonyl (C=O) groups is 1. The number of carboxylic acid groups (broad SMARTS) is 1. The van der Waals surface area contributed by atoms with Crippen molar-refractivity contribution in [2.24, 2.45) is 0 Å². The maximum atomic E-state index is 11.3. The zero-order chi connectivity index (χ0) is 14.8. The van der Waals surface area contributed by atoms with Gasteiger partial charge >= 0.3 is 5.97 Å². The maximum absolute atomic E-state index is 11.3. The number of piperazine rings is 1. The molecule has 0 aliphatic carbocycles. The molecule has 1 aromatic rings. The van der Waals surface area contributed by atoms with Crippen molar-refractivity contribution in [3.8, 4) is 0 Å². The monoisotopic (exact) mass is 279 g/mol. The third-order valence-electron chi connectivity index (χ3n) is 3.82. The van der Waals surface area contributed by atoms with Crippen LogP contribution in [0, 0.1) is 0 Å². The molecule has 1 aliphatic heterocycles. The lowest BCUT2D eigenvalue weighted by Crippen LogP contribution is -2.58. The quantitative estimate of drug-likeness (QED) is 0.830. The molecule has 0 amide bonds. The molecule has 2 N–H and O–H groups in total. The van der Waals surface area contributed by atoms with E-state index in [0.717, 1.165) is 24.7 Å². The Kier molecular flexibility index (Phi) is 4.08. The molecule has 1 aliphatic rings. The topological polar surface area (TPSA) is 81.6 Å². The summed E-state index contributed by atoms with van der Waals surface area (Å²) in [6, 6.07) is 3.81. The van der Waals surface area contributed by atoms with Gasteiger partial charge in [0.1, 0.15) is 11.4 Å². The van der Waals surface area contributed by atoms with Gasteiger partial charge in [-0.25, -0.2) is 0 Å². The largest absolute Gasteiger partial charge is 0.480 e. The summed E-state index contributed by atoms with van der Waals surface area (Å²) in [5.74, 6) is 0.778. The molecule has 110 valence electrons. The van der Waals surface area contributed by atoms with E-state index < -0.39 is 11.5 Å². The lowest BCUT2D eigenvalue weighted by Gasteiger charge is -2.41. The first-order chi connectivity index (χ1) is 9.45. The van der Waals surface area contributed by atoms with Crippen LogP contribution < -0.4 is 10.2 Å². The first-order valence-corrected chi connectivity index (χ1v) is 6.70. The summed E-state index contributed by atoms with van der Waals surface area (Å²) in [5.41, 5.74) is -0.826. The van der Waals surface area contributed by atoms with Crippen molar-refractivity contribution in [1.29, 1.82) is 0 Å². The predicted molar refractivity (Wildman–Crippen MR) is 77.1 cm³/mol. The zero-order valence-corrected chi connectivity index (χ0v) is 12.1. The lowest BCUT2D eigenvalue weighted by molar-refractivity contribution is -0.149. The van der Waals surface area contributed by atoms with Crippen molar-refractivity contribution in [2.75, 3.05) is 43.4 Å². The number of nitrogens with zero attached hydrogens (tertiary/aromatic N) is 4. The van der Waals surface area contributed by atoms with Crippen molar-refractivity contribution < 1.29 is 9.90 Å². The molecule has 1 fully saturated rings. The molecule has 0 unspecified atom stereocenters. The highest BCUT2D eigenvalue weighted by atomic mass is 16.4. The number of carboxylic acids is 1. The summed E-state index contributed by atoms with van der Waals surface area (Å²) in [6.45, 7) is 6.40. The summed E-state index contributed by atoms with van der Waals surface area (Å²) >= 11 is 0.